The Bertz CT molecular complexity index is 834. The Labute approximate surface area is 138 Å². The van der Waals surface area contributed by atoms with Gasteiger partial charge in [0.2, 0.25) is 5.95 Å². The fourth-order valence-electron chi connectivity index (χ4n) is 2.44. The third kappa shape index (κ3) is 2.98. The summed E-state index contributed by atoms with van der Waals surface area (Å²) in [6, 6.07) is 7.94. The number of rotatable bonds is 5. The predicted molar refractivity (Wildman–Crippen MR) is 91.5 cm³/mol. The number of nitro groups is 1. The zero-order chi connectivity index (χ0) is 17.2. The van der Waals surface area contributed by atoms with Crippen molar-refractivity contribution in [3.8, 4) is 0 Å². The van der Waals surface area contributed by atoms with Crippen molar-refractivity contribution in [1.29, 1.82) is 0 Å². The van der Waals surface area contributed by atoms with Crippen LogP contribution in [0.1, 0.15) is 23.7 Å². The molecule has 2 aromatic rings. The van der Waals surface area contributed by atoms with E-state index in [4.69, 9.17) is 0 Å². The highest BCUT2D eigenvalue weighted by atomic mass is 16.6. The summed E-state index contributed by atoms with van der Waals surface area (Å²) in [7, 11) is 0. The quantitative estimate of drug-likeness (QED) is 0.672. The molecule has 1 aromatic carbocycles. The molecule has 3 rings (SSSR count). The van der Waals surface area contributed by atoms with Crippen LogP contribution in [0.5, 0.6) is 0 Å². The molecular formula is C16H16N6O2. The SMILES string of the molecule is Cc1ccccc1CNc1ncc([N+](=O)[O-])c(C2(C)N=CC=N2)n1. The number of anilines is 1. The molecule has 0 bridgehead atoms. The van der Waals surface area contributed by atoms with E-state index in [1.807, 2.05) is 31.2 Å². The van der Waals surface area contributed by atoms with Crippen LogP contribution in [0, 0.1) is 17.0 Å². The van der Waals surface area contributed by atoms with E-state index in [1.165, 1.54) is 18.6 Å². The summed E-state index contributed by atoms with van der Waals surface area (Å²) < 4.78 is 0. The highest BCUT2D eigenvalue weighted by Crippen LogP contribution is 2.33. The molecule has 1 aromatic heterocycles. The van der Waals surface area contributed by atoms with Crippen LogP contribution in [0.4, 0.5) is 11.6 Å². The van der Waals surface area contributed by atoms with E-state index in [0.717, 1.165) is 11.1 Å². The zero-order valence-corrected chi connectivity index (χ0v) is 13.3. The van der Waals surface area contributed by atoms with Gasteiger partial charge in [-0.05, 0) is 25.0 Å². The fraction of sp³-hybridized carbons (Fsp3) is 0.250. The fourth-order valence-corrected chi connectivity index (χ4v) is 2.44. The van der Waals surface area contributed by atoms with Gasteiger partial charge in [-0.25, -0.2) is 9.97 Å². The summed E-state index contributed by atoms with van der Waals surface area (Å²) in [5, 5.41) is 14.4. The van der Waals surface area contributed by atoms with Crippen LogP contribution in [-0.4, -0.2) is 27.3 Å². The van der Waals surface area contributed by atoms with Gasteiger partial charge in [-0.15, -0.1) is 0 Å². The lowest BCUT2D eigenvalue weighted by atomic mass is 10.1. The summed E-state index contributed by atoms with van der Waals surface area (Å²) in [5.41, 5.74) is 1.12. The number of aliphatic imine (C=N–C) groups is 2. The van der Waals surface area contributed by atoms with Crippen molar-refractivity contribution in [2.24, 2.45) is 9.98 Å². The second-order valence-electron chi connectivity index (χ2n) is 5.54. The van der Waals surface area contributed by atoms with Crippen molar-refractivity contribution in [3.05, 3.63) is 57.4 Å². The predicted octanol–water partition coefficient (Wildman–Crippen LogP) is 2.63. The Balaban J connectivity index is 1.90. The Hall–Kier alpha value is -3.16. The van der Waals surface area contributed by atoms with Crippen LogP contribution in [0.15, 0.2) is 40.4 Å². The second kappa shape index (κ2) is 6.15. The maximum absolute atomic E-state index is 11.3. The number of aromatic nitrogens is 2. The van der Waals surface area contributed by atoms with Crippen molar-refractivity contribution in [1.82, 2.24) is 9.97 Å². The van der Waals surface area contributed by atoms with E-state index in [9.17, 15) is 10.1 Å². The minimum absolute atomic E-state index is 0.166. The molecule has 0 spiro atoms. The summed E-state index contributed by atoms with van der Waals surface area (Å²) in [6.45, 7) is 4.21. The first-order valence-corrected chi connectivity index (χ1v) is 7.39. The van der Waals surface area contributed by atoms with E-state index < -0.39 is 10.6 Å². The average Bonchev–Trinajstić information content (AvgIpc) is 3.02. The minimum Gasteiger partial charge on any atom is -0.350 e. The maximum Gasteiger partial charge on any atom is 0.313 e. The first-order chi connectivity index (χ1) is 11.5. The van der Waals surface area contributed by atoms with Crippen molar-refractivity contribution in [2.75, 3.05) is 5.32 Å². The maximum atomic E-state index is 11.3. The molecule has 122 valence electrons. The van der Waals surface area contributed by atoms with Crippen LogP contribution >= 0.6 is 0 Å². The average molecular weight is 324 g/mol. The Morgan fingerprint density at radius 1 is 1.25 bits per heavy atom. The van der Waals surface area contributed by atoms with Crippen molar-refractivity contribution < 1.29 is 4.92 Å². The summed E-state index contributed by atoms with van der Waals surface area (Å²) >= 11 is 0. The Morgan fingerprint density at radius 3 is 2.62 bits per heavy atom. The Kier molecular flexibility index (Phi) is 4.03. The number of nitrogens with one attached hydrogen (secondary N) is 1. The third-order valence-electron chi connectivity index (χ3n) is 3.83. The van der Waals surface area contributed by atoms with Crippen molar-refractivity contribution in [2.45, 2.75) is 26.1 Å². The molecule has 8 heteroatoms. The third-order valence-corrected chi connectivity index (χ3v) is 3.83. The Morgan fingerprint density at radius 2 is 1.96 bits per heavy atom. The van der Waals surface area contributed by atoms with Crippen LogP contribution < -0.4 is 5.32 Å². The molecule has 0 saturated heterocycles. The number of hydrogen-bond donors (Lipinski definition) is 1. The molecule has 0 fully saturated rings. The lowest BCUT2D eigenvalue weighted by Crippen LogP contribution is -2.19. The number of nitrogens with zero attached hydrogens (tertiary/aromatic N) is 5. The smallest absolute Gasteiger partial charge is 0.313 e. The molecule has 24 heavy (non-hydrogen) atoms. The van der Waals surface area contributed by atoms with E-state index in [1.54, 1.807) is 6.92 Å². The molecule has 1 aliphatic rings. The second-order valence-corrected chi connectivity index (χ2v) is 5.54. The monoisotopic (exact) mass is 324 g/mol. The summed E-state index contributed by atoms with van der Waals surface area (Å²) in [6.07, 6.45) is 4.20. The van der Waals surface area contributed by atoms with Gasteiger partial charge in [0.05, 0.1) is 4.92 Å². The molecule has 0 saturated carbocycles. The lowest BCUT2D eigenvalue weighted by molar-refractivity contribution is -0.386. The first-order valence-electron chi connectivity index (χ1n) is 7.39. The molecule has 1 N–H and O–H groups in total. The first kappa shape index (κ1) is 15.7. The van der Waals surface area contributed by atoms with Crippen LogP contribution in [0.2, 0.25) is 0 Å². The van der Waals surface area contributed by atoms with Crippen LogP contribution in [-0.2, 0) is 12.2 Å². The highest BCUT2D eigenvalue weighted by molar-refractivity contribution is 6.17. The molecule has 8 nitrogen and oxygen atoms in total. The highest BCUT2D eigenvalue weighted by Gasteiger charge is 2.36. The van der Waals surface area contributed by atoms with E-state index in [-0.39, 0.29) is 11.4 Å². The van der Waals surface area contributed by atoms with Crippen LogP contribution in [0.3, 0.4) is 0 Å². The molecule has 0 amide bonds. The van der Waals surface area contributed by atoms with Gasteiger partial charge in [0.25, 0.3) is 0 Å². The van der Waals surface area contributed by atoms with Gasteiger partial charge in [-0.2, -0.15) is 0 Å². The standard InChI is InChI=1S/C16H16N6O2/c1-11-5-3-4-6-12(11)9-17-15-18-10-13(22(23)24)14(21-15)16(2)19-7-8-20-16/h3-8,10H,9H2,1-2H3,(H,17,18,21). The molecular weight excluding hydrogens is 308 g/mol. The summed E-state index contributed by atoms with van der Waals surface area (Å²) in [5.74, 6) is 0.303. The van der Waals surface area contributed by atoms with Crippen molar-refractivity contribution >= 4 is 24.1 Å². The van der Waals surface area contributed by atoms with Gasteiger partial charge in [-0.3, -0.25) is 20.1 Å². The van der Waals surface area contributed by atoms with Gasteiger partial charge >= 0.3 is 5.69 Å². The molecule has 2 heterocycles. The molecule has 0 unspecified atom stereocenters. The molecule has 0 aliphatic carbocycles. The lowest BCUT2D eigenvalue weighted by Gasteiger charge is -2.17. The molecule has 0 radical (unpaired) electrons. The number of hydrogen-bond acceptors (Lipinski definition) is 7. The van der Waals surface area contributed by atoms with Gasteiger partial charge in [0.1, 0.15) is 6.20 Å². The van der Waals surface area contributed by atoms with E-state index in [0.29, 0.717) is 12.5 Å². The van der Waals surface area contributed by atoms with Gasteiger partial charge in [0, 0.05) is 19.0 Å². The van der Waals surface area contributed by atoms with Gasteiger partial charge < -0.3 is 5.32 Å². The minimum atomic E-state index is -1.09. The number of aryl methyl sites for hydroxylation is 1. The number of benzene rings is 1. The van der Waals surface area contributed by atoms with Gasteiger partial charge in [-0.1, -0.05) is 24.3 Å². The van der Waals surface area contributed by atoms with E-state index >= 15 is 0 Å². The van der Waals surface area contributed by atoms with Crippen LogP contribution in [0.25, 0.3) is 0 Å². The molecule has 1 aliphatic heterocycles. The zero-order valence-electron chi connectivity index (χ0n) is 13.3. The molecule has 0 atom stereocenters. The summed E-state index contributed by atoms with van der Waals surface area (Å²) in [4.78, 5) is 27.4. The van der Waals surface area contributed by atoms with Gasteiger partial charge in [0.15, 0.2) is 11.4 Å². The topological polar surface area (TPSA) is 106 Å². The largest absolute Gasteiger partial charge is 0.350 e. The van der Waals surface area contributed by atoms with E-state index in [2.05, 4.69) is 25.3 Å². The normalized spacial score (nSPS) is 14.8. The van der Waals surface area contributed by atoms with Crippen molar-refractivity contribution in [3.63, 3.8) is 0 Å².